The number of carbonyl (C=O) groups excluding carboxylic acids is 1. The van der Waals surface area contributed by atoms with Gasteiger partial charge in [-0.1, -0.05) is 18.2 Å². The molecule has 0 radical (unpaired) electrons. The fraction of sp³-hybridized carbons (Fsp3) is 0.368. The Kier molecular flexibility index (Phi) is 4.06. The summed E-state index contributed by atoms with van der Waals surface area (Å²) >= 11 is 0. The first-order valence-electron chi connectivity index (χ1n) is 8.79. The minimum absolute atomic E-state index is 0.204. The van der Waals surface area contributed by atoms with Gasteiger partial charge < -0.3 is 9.80 Å². The molecule has 1 aliphatic rings. The van der Waals surface area contributed by atoms with Crippen LogP contribution in [0.2, 0.25) is 0 Å². The van der Waals surface area contributed by atoms with Crippen LogP contribution in [0.3, 0.4) is 0 Å². The van der Waals surface area contributed by atoms with Crippen molar-refractivity contribution in [3.63, 3.8) is 0 Å². The minimum Gasteiger partial charge on any atom is -0.354 e. The number of fused-ring (bicyclic) bond motifs is 1. The second-order valence-corrected chi connectivity index (χ2v) is 6.80. The third-order valence-corrected chi connectivity index (χ3v) is 5.00. The van der Waals surface area contributed by atoms with Gasteiger partial charge in [-0.05, 0) is 25.5 Å². The number of nitrogens with zero attached hydrogens (tertiary/aromatic N) is 6. The summed E-state index contributed by atoms with van der Waals surface area (Å²) in [6, 6.07) is 10.2. The average Bonchev–Trinajstić information content (AvgIpc) is 3.07. The number of likely N-dealkylation sites (tertiary alicyclic amines) is 1. The largest absolute Gasteiger partial charge is 0.354 e. The van der Waals surface area contributed by atoms with Crippen molar-refractivity contribution < 1.29 is 4.79 Å². The maximum absolute atomic E-state index is 11.8. The van der Waals surface area contributed by atoms with E-state index in [2.05, 4.69) is 20.0 Å². The minimum atomic E-state index is 0.204. The Morgan fingerprint density at radius 2 is 1.96 bits per heavy atom. The van der Waals surface area contributed by atoms with E-state index in [0.29, 0.717) is 18.8 Å². The maximum atomic E-state index is 11.8. The lowest BCUT2D eigenvalue weighted by Crippen LogP contribution is -2.47. The number of carbonyl (C=O) groups is 1. The molecule has 1 aliphatic heterocycles. The molecular weight excluding hydrogens is 328 g/mol. The van der Waals surface area contributed by atoms with E-state index in [1.807, 2.05) is 62.2 Å². The van der Waals surface area contributed by atoms with Crippen molar-refractivity contribution in [2.45, 2.75) is 25.8 Å². The SMILES string of the molecule is Cc1nc(N(C)C2CCC(=O)N(C)C2)c2cnn(-c3ccccc3)c2n1. The van der Waals surface area contributed by atoms with Crippen LogP contribution < -0.4 is 4.90 Å². The van der Waals surface area contributed by atoms with Gasteiger partial charge in [-0.2, -0.15) is 5.10 Å². The van der Waals surface area contributed by atoms with Gasteiger partial charge >= 0.3 is 0 Å². The molecule has 1 fully saturated rings. The number of aromatic nitrogens is 4. The number of piperidine rings is 1. The number of amides is 1. The fourth-order valence-electron chi connectivity index (χ4n) is 3.51. The summed E-state index contributed by atoms with van der Waals surface area (Å²) in [6.07, 6.45) is 3.23. The molecule has 0 saturated carbocycles. The van der Waals surface area contributed by atoms with Crippen LogP contribution >= 0.6 is 0 Å². The van der Waals surface area contributed by atoms with E-state index in [1.54, 1.807) is 4.90 Å². The fourth-order valence-corrected chi connectivity index (χ4v) is 3.51. The molecule has 0 aliphatic carbocycles. The molecule has 1 aromatic carbocycles. The second-order valence-electron chi connectivity index (χ2n) is 6.80. The van der Waals surface area contributed by atoms with Gasteiger partial charge in [-0.3, -0.25) is 4.79 Å². The van der Waals surface area contributed by atoms with Crippen molar-refractivity contribution in [2.24, 2.45) is 0 Å². The quantitative estimate of drug-likeness (QED) is 0.724. The molecule has 7 nitrogen and oxygen atoms in total. The molecule has 1 saturated heterocycles. The monoisotopic (exact) mass is 350 g/mol. The van der Waals surface area contributed by atoms with Crippen LogP contribution in [0, 0.1) is 6.92 Å². The number of benzene rings is 1. The van der Waals surface area contributed by atoms with Crippen molar-refractivity contribution in [2.75, 3.05) is 25.5 Å². The smallest absolute Gasteiger partial charge is 0.222 e. The molecule has 26 heavy (non-hydrogen) atoms. The van der Waals surface area contributed by atoms with E-state index < -0.39 is 0 Å². The molecule has 0 N–H and O–H groups in total. The van der Waals surface area contributed by atoms with E-state index >= 15 is 0 Å². The zero-order valence-electron chi connectivity index (χ0n) is 15.3. The normalized spacial score (nSPS) is 17.7. The summed E-state index contributed by atoms with van der Waals surface area (Å²) in [5.74, 6) is 1.77. The number of hydrogen-bond acceptors (Lipinski definition) is 5. The van der Waals surface area contributed by atoms with E-state index in [4.69, 9.17) is 0 Å². The Balaban J connectivity index is 1.76. The maximum Gasteiger partial charge on any atom is 0.222 e. The van der Waals surface area contributed by atoms with Gasteiger partial charge in [0.05, 0.1) is 17.3 Å². The van der Waals surface area contributed by atoms with Crippen LogP contribution in [-0.4, -0.2) is 57.2 Å². The van der Waals surface area contributed by atoms with Crippen molar-refractivity contribution >= 4 is 22.8 Å². The van der Waals surface area contributed by atoms with E-state index in [0.717, 1.165) is 29.0 Å². The highest BCUT2D eigenvalue weighted by Crippen LogP contribution is 2.28. The third-order valence-electron chi connectivity index (χ3n) is 5.00. The van der Waals surface area contributed by atoms with Crippen LogP contribution in [0.25, 0.3) is 16.7 Å². The topological polar surface area (TPSA) is 67.2 Å². The van der Waals surface area contributed by atoms with Crippen LogP contribution in [0.4, 0.5) is 5.82 Å². The molecule has 7 heteroatoms. The molecule has 0 spiro atoms. The first-order valence-corrected chi connectivity index (χ1v) is 8.79. The van der Waals surface area contributed by atoms with Gasteiger partial charge in [-0.25, -0.2) is 14.6 Å². The predicted molar refractivity (Wildman–Crippen MR) is 100 cm³/mol. The molecule has 4 rings (SSSR count). The van der Waals surface area contributed by atoms with Gasteiger partial charge in [0.25, 0.3) is 0 Å². The highest BCUT2D eigenvalue weighted by Gasteiger charge is 2.28. The predicted octanol–water partition coefficient (Wildman–Crippen LogP) is 2.18. The van der Waals surface area contributed by atoms with Crippen LogP contribution in [0.1, 0.15) is 18.7 Å². The van der Waals surface area contributed by atoms with Crippen molar-refractivity contribution in [3.8, 4) is 5.69 Å². The van der Waals surface area contributed by atoms with Crippen LogP contribution in [-0.2, 0) is 4.79 Å². The second kappa shape index (κ2) is 6.40. The number of likely N-dealkylation sites (N-methyl/N-ethyl adjacent to an activating group) is 2. The van der Waals surface area contributed by atoms with Crippen molar-refractivity contribution in [1.82, 2.24) is 24.6 Å². The number of para-hydroxylation sites is 1. The number of aryl methyl sites for hydroxylation is 1. The molecular formula is C19H22N6O. The van der Waals surface area contributed by atoms with E-state index in [1.165, 1.54) is 0 Å². The lowest BCUT2D eigenvalue weighted by Gasteiger charge is -2.36. The Bertz CT molecular complexity index is 951. The van der Waals surface area contributed by atoms with Gasteiger partial charge in [0, 0.05) is 33.1 Å². The molecule has 0 bridgehead atoms. The molecule has 1 amide bonds. The van der Waals surface area contributed by atoms with E-state index in [-0.39, 0.29) is 11.9 Å². The molecule has 1 unspecified atom stereocenters. The Labute approximate surface area is 152 Å². The first-order chi connectivity index (χ1) is 12.5. The lowest BCUT2D eigenvalue weighted by atomic mass is 10.0. The highest BCUT2D eigenvalue weighted by molar-refractivity contribution is 5.88. The van der Waals surface area contributed by atoms with Gasteiger partial charge in [0.15, 0.2) is 5.65 Å². The molecule has 2 aromatic heterocycles. The molecule has 3 aromatic rings. The Hall–Kier alpha value is -2.96. The standard InChI is InChI=1S/C19H22N6O/c1-13-21-18(24(3)15-9-10-17(26)23(2)12-15)16-11-20-25(19(16)22-13)14-7-5-4-6-8-14/h4-8,11,15H,9-10,12H2,1-3H3. The number of hydrogen-bond donors (Lipinski definition) is 0. The average molecular weight is 350 g/mol. The first kappa shape index (κ1) is 16.5. The van der Waals surface area contributed by atoms with Crippen molar-refractivity contribution in [3.05, 3.63) is 42.4 Å². The molecule has 134 valence electrons. The summed E-state index contributed by atoms with van der Waals surface area (Å²) in [7, 11) is 3.89. The molecule has 3 heterocycles. The zero-order valence-corrected chi connectivity index (χ0v) is 15.3. The number of rotatable bonds is 3. The molecule has 1 atom stereocenters. The summed E-state index contributed by atoms with van der Waals surface area (Å²) in [5, 5.41) is 5.46. The summed E-state index contributed by atoms with van der Waals surface area (Å²) in [5.41, 5.74) is 1.77. The Morgan fingerprint density at radius 3 is 2.69 bits per heavy atom. The van der Waals surface area contributed by atoms with E-state index in [9.17, 15) is 4.79 Å². The van der Waals surface area contributed by atoms with Gasteiger partial charge in [0.2, 0.25) is 5.91 Å². The van der Waals surface area contributed by atoms with Crippen LogP contribution in [0.5, 0.6) is 0 Å². The highest BCUT2D eigenvalue weighted by atomic mass is 16.2. The lowest BCUT2D eigenvalue weighted by molar-refractivity contribution is -0.132. The Morgan fingerprint density at radius 1 is 1.19 bits per heavy atom. The third kappa shape index (κ3) is 2.79. The zero-order chi connectivity index (χ0) is 18.3. The van der Waals surface area contributed by atoms with Gasteiger partial charge in [0.1, 0.15) is 11.6 Å². The van der Waals surface area contributed by atoms with Gasteiger partial charge in [-0.15, -0.1) is 0 Å². The summed E-state index contributed by atoms with van der Waals surface area (Å²) in [6.45, 7) is 2.60. The number of anilines is 1. The summed E-state index contributed by atoms with van der Waals surface area (Å²) < 4.78 is 1.85. The summed E-state index contributed by atoms with van der Waals surface area (Å²) in [4.78, 5) is 25.1. The van der Waals surface area contributed by atoms with Crippen LogP contribution in [0.15, 0.2) is 36.5 Å². The van der Waals surface area contributed by atoms with Crippen molar-refractivity contribution in [1.29, 1.82) is 0 Å².